The number of anilines is 1. The molecule has 1 aromatic carbocycles. The number of fused-ring (bicyclic) bond motifs is 1. The van der Waals surface area contributed by atoms with Crippen molar-refractivity contribution < 1.29 is 0 Å². The van der Waals surface area contributed by atoms with E-state index in [1.165, 1.54) is 0 Å². The van der Waals surface area contributed by atoms with Crippen molar-refractivity contribution in [3.8, 4) is 0 Å². The van der Waals surface area contributed by atoms with Crippen LogP contribution in [0.5, 0.6) is 0 Å². The Morgan fingerprint density at radius 2 is 1.89 bits per heavy atom. The van der Waals surface area contributed by atoms with Gasteiger partial charge in [0.05, 0.1) is 5.52 Å². The minimum Gasteiger partial charge on any atom is -0.339 e. The van der Waals surface area contributed by atoms with Crippen molar-refractivity contribution in [1.82, 2.24) is 20.5 Å². The minimum absolute atomic E-state index is 0.634. The minimum atomic E-state index is 0.634. The SMILES string of the molecule is CCNC1CCN(c2nnc3ccccc3n2)CC1. The Balaban J connectivity index is 1.74. The van der Waals surface area contributed by atoms with Gasteiger partial charge in [0, 0.05) is 19.1 Å². The van der Waals surface area contributed by atoms with Gasteiger partial charge in [-0.25, -0.2) is 4.98 Å². The van der Waals surface area contributed by atoms with E-state index in [-0.39, 0.29) is 0 Å². The molecule has 19 heavy (non-hydrogen) atoms. The van der Waals surface area contributed by atoms with Crippen LogP contribution in [0, 0.1) is 0 Å². The third-order valence-electron chi connectivity index (χ3n) is 3.62. The smallest absolute Gasteiger partial charge is 0.245 e. The van der Waals surface area contributed by atoms with Gasteiger partial charge in [-0.1, -0.05) is 19.1 Å². The van der Waals surface area contributed by atoms with Gasteiger partial charge in [0.15, 0.2) is 0 Å². The van der Waals surface area contributed by atoms with Crippen molar-refractivity contribution in [2.75, 3.05) is 24.5 Å². The second kappa shape index (κ2) is 5.48. The Morgan fingerprint density at radius 3 is 2.63 bits per heavy atom. The van der Waals surface area contributed by atoms with Crippen LogP contribution in [0.2, 0.25) is 0 Å². The lowest BCUT2D eigenvalue weighted by Crippen LogP contribution is -2.43. The first kappa shape index (κ1) is 12.3. The topological polar surface area (TPSA) is 53.9 Å². The van der Waals surface area contributed by atoms with Gasteiger partial charge in [-0.05, 0) is 31.5 Å². The van der Waals surface area contributed by atoms with Crippen LogP contribution in [0.3, 0.4) is 0 Å². The maximum absolute atomic E-state index is 4.60. The van der Waals surface area contributed by atoms with Crippen molar-refractivity contribution in [3.63, 3.8) is 0 Å². The van der Waals surface area contributed by atoms with Gasteiger partial charge in [-0.2, -0.15) is 0 Å². The number of hydrogen-bond acceptors (Lipinski definition) is 5. The van der Waals surface area contributed by atoms with Crippen LogP contribution in [0.4, 0.5) is 5.95 Å². The lowest BCUT2D eigenvalue weighted by molar-refractivity contribution is 0.420. The van der Waals surface area contributed by atoms with E-state index in [9.17, 15) is 0 Å². The molecule has 2 heterocycles. The maximum Gasteiger partial charge on any atom is 0.245 e. The van der Waals surface area contributed by atoms with Crippen molar-refractivity contribution in [2.45, 2.75) is 25.8 Å². The van der Waals surface area contributed by atoms with Crippen molar-refractivity contribution in [1.29, 1.82) is 0 Å². The summed E-state index contributed by atoms with van der Waals surface area (Å²) in [5.74, 6) is 0.758. The molecule has 1 aromatic heterocycles. The van der Waals surface area contributed by atoms with E-state index in [2.05, 4.69) is 32.3 Å². The Kier molecular flexibility index (Phi) is 3.55. The van der Waals surface area contributed by atoms with Crippen LogP contribution < -0.4 is 10.2 Å². The Labute approximate surface area is 113 Å². The number of rotatable bonds is 3. The molecule has 0 saturated carbocycles. The molecule has 0 unspecified atom stereocenters. The van der Waals surface area contributed by atoms with E-state index in [1.54, 1.807) is 0 Å². The summed E-state index contributed by atoms with van der Waals surface area (Å²) in [6, 6.07) is 8.50. The summed E-state index contributed by atoms with van der Waals surface area (Å²) in [6.07, 6.45) is 2.29. The molecule has 0 bridgehead atoms. The largest absolute Gasteiger partial charge is 0.339 e. The van der Waals surface area contributed by atoms with Gasteiger partial charge in [0.1, 0.15) is 5.52 Å². The first-order valence-electron chi connectivity index (χ1n) is 6.94. The molecule has 1 saturated heterocycles. The lowest BCUT2D eigenvalue weighted by Gasteiger charge is -2.32. The molecule has 5 nitrogen and oxygen atoms in total. The van der Waals surface area contributed by atoms with Gasteiger partial charge in [-0.3, -0.25) is 0 Å². The van der Waals surface area contributed by atoms with E-state index in [0.29, 0.717) is 6.04 Å². The number of aromatic nitrogens is 3. The molecule has 1 fully saturated rings. The molecule has 5 heteroatoms. The second-order valence-corrected chi connectivity index (χ2v) is 4.92. The molecule has 1 N–H and O–H groups in total. The van der Waals surface area contributed by atoms with Crippen LogP contribution in [0.25, 0.3) is 11.0 Å². The van der Waals surface area contributed by atoms with E-state index in [1.807, 2.05) is 24.3 Å². The van der Waals surface area contributed by atoms with Gasteiger partial charge >= 0.3 is 0 Å². The van der Waals surface area contributed by atoms with Crippen LogP contribution in [0.15, 0.2) is 24.3 Å². The average molecular weight is 257 g/mol. The third-order valence-corrected chi connectivity index (χ3v) is 3.62. The molecule has 0 atom stereocenters. The summed E-state index contributed by atoms with van der Waals surface area (Å²) in [6.45, 7) is 5.19. The Morgan fingerprint density at radius 1 is 1.16 bits per heavy atom. The number of hydrogen-bond donors (Lipinski definition) is 1. The summed E-state index contributed by atoms with van der Waals surface area (Å²) < 4.78 is 0. The fourth-order valence-corrected chi connectivity index (χ4v) is 2.58. The lowest BCUT2D eigenvalue weighted by atomic mass is 10.1. The second-order valence-electron chi connectivity index (χ2n) is 4.92. The molecule has 0 spiro atoms. The van der Waals surface area contributed by atoms with Gasteiger partial charge < -0.3 is 10.2 Å². The van der Waals surface area contributed by atoms with Crippen LogP contribution in [-0.2, 0) is 0 Å². The summed E-state index contributed by atoms with van der Waals surface area (Å²) in [7, 11) is 0. The number of piperidine rings is 1. The summed E-state index contributed by atoms with van der Waals surface area (Å²) in [4.78, 5) is 6.83. The molecule has 0 radical (unpaired) electrons. The summed E-state index contributed by atoms with van der Waals surface area (Å²) in [5, 5.41) is 12.0. The van der Waals surface area contributed by atoms with Crippen LogP contribution >= 0.6 is 0 Å². The quantitative estimate of drug-likeness (QED) is 0.905. The predicted molar refractivity (Wildman–Crippen MR) is 76.2 cm³/mol. The molecule has 1 aliphatic heterocycles. The van der Waals surface area contributed by atoms with Crippen LogP contribution in [-0.4, -0.2) is 40.9 Å². The summed E-state index contributed by atoms with van der Waals surface area (Å²) >= 11 is 0. The molecule has 100 valence electrons. The van der Waals surface area contributed by atoms with Crippen molar-refractivity contribution >= 4 is 17.0 Å². The molecular formula is C14H19N5. The van der Waals surface area contributed by atoms with Gasteiger partial charge in [-0.15, -0.1) is 10.2 Å². The normalized spacial score (nSPS) is 17.0. The molecule has 1 aliphatic rings. The zero-order valence-electron chi connectivity index (χ0n) is 11.2. The van der Waals surface area contributed by atoms with Crippen LogP contribution in [0.1, 0.15) is 19.8 Å². The third kappa shape index (κ3) is 2.66. The zero-order chi connectivity index (χ0) is 13.1. The fraction of sp³-hybridized carbons (Fsp3) is 0.500. The van der Waals surface area contributed by atoms with E-state index in [0.717, 1.165) is 49.5 Å². The molecule has 2 aromatic rings. The van der Waals surface area contributed by atoms with Crippen molar-refractivity contribution in [3.05, 3.63) is 24.3 Å². The number of para-hydroxylation sites is 1. The zero-order valence-corrected chi connectivity index (χ0v) is 11.2. The Bertz CT molecular complexity index is 548. The first-order valence-corrected chi connectivity index (χ1v) is 6.94. The molecular weight excluding hydrogens is 238 g/mol. The predicted octanol–water partition coefficient (Wildman–Crippen LogP) is 1.60. The van der Waals surface area contributed by atoms with E-state index in [4.69, 9.17) is 0 Å². The van der Waals surface area contributed by atoms with E-state index >= 15 is 0 Å². The molecule has 0 aliphatic carbocycles. The van der Waals surface area contributed by atoms with E-state index < -0.39 is 0 Å². The van der Waals surface area contributed by atoms with Crippen molar-refractivity contribution in [2.24, 2.45) is 0 Å². The molecule has 0 amide bonds. The Hall–Kier alpha value is -1.75. The highest BCUT2D eigenvalue weighted by Crippen LogP contribution is 2.17. The highest BCUT2D eigenvalue weighted by Gasteiger charge is 2.20. The number of nitrogens with zero attached hydrogens (tertiary/aromatic N) is 4. The first-order chi connectivity index (χ1) is 9.36. The average Bonchev–Trinajstić information content (AvgIpc) is 2.48. The van der Waals surface area contributed by atoms with Gasteiger partial charge in [0.2, 0.25) is 5.95 Å². The number of benzene rings is 1. The standard InChI is InChI=1S/C14H19N5/c1-2-15-11-7-9-19(10-8-11)14-16-12-5-3-4-6-13(12)17-18-14/h3-6,11,15H,2,7-10H2,1H3. The molecule has 3 rings (SSSR count). The fourth-order valence-electron chi connectivity index (χ4n) is 2.58. The van der Waals surface area contributed by atoms with Gasteiger partial charge in [0.25, 0.3) is 0 Å². The highest BCUT2D eigenvalue weighted by molar-refractivity contribution is 5.74. The summed E-state index contributed by atoms with van der Waals surface area (Å²) in [5.41, 5.74) is 1.77. The number of nitrogens with one attached hydrogen (secondary N) is 1. The highest BCUT2D eigenvalue weighted by atomic mass is 15.3. The maximum atomic E-state index is 4.60. The monoisotopic (exact) mass is 257 g/mol.